The molecule has 37 heavy (non-hydrogen) atoms. The Kier molecular flexibility index (Phi) is 8.17. The summed E-state index contributed by atoms with van der Waals surface area (Å²) in [4.78, 5) is 33.1. The molecule has 1 fully saturated rings. The average molecular weight is 533 g/mol. The van der Waals surface area contributed by atoms with E-state index in [4.69, 9.17) is 16.3 Å². The largest absolute Gasteiger partial charge is 0.484 e. The fraction of sp³-hybridized carbons (Fsp3) is 0.269. The molecule has 2 aromatic carbocycles. The molecule has 194 valence electrons. The molecule has 1 aromatic heterocycles. The van der Waals surface area contributed by atoms with Gasteiger partial charge in [-0.2, -0.15) is 13.2 Å². The Balaban J connectivity index is 1.28. The van der Waals surface area contributed by atoms with E-state index in [2.05, 4.69) is 10.3 Å². The van der Waals surface area contributed by atoms with Crippen molar-refractivity contribution < 1.29 is 27.5 Å². The van der Waals surface area contributed by atoms with E-state index >= 15 is 0 Å². The molecule has 0 bridgehead atoms. The number of benzene rings is 2. The Labute approximate surface area is 216 Å². The first-order valence-corrected chi connectivity index (χ1v) is 11.9. The van der Waals surface area contributed by atoms with E-state index in [9.17, 15) is 22.8 Å². The van der Waals surface area contributed by atoms with Crippen molar-refractivity contribution in [3.63, 3.8) is 0 Å². The second-order valence-corrected chi connectivity index (χ2v) is 8.84. The lowest BCUT2D eigenvalue weighted by Crippen LogP contribution is -2.35. The van der Waals surface area contributed by atoms with Gasteiger partial charge in [-0.05, 0) is 67.1 Å². The number of halogens is 4. The van der Waals surface area contributed by atoms with Crippen molar-refractivity contribution in [2.75, 3.05) is 43.0 Å². The van der Waals surface area contributed by atoms with Crippen LogP contribution in [-0.2, 0) is 11.0 Å². The molecule has 7 nitrogen and oxygen atoms in total. The van der Waals surface area contributed by atoms with E-state index in [1.54, 1.807) is 47.5 Å². The molecule has 0 atom stereocenters. The number of ether oxygens (including phenoxy) is 1. The first-order chi connectivity index (χ1) is 17.7. The molecule has 1 aliphatic heterocycles. The minimum absolute atomic E-state index is 0.168. The predicted octanol–water partition coefficient (Wildman–Crippen LogP) is 5.12. The number of carbonyl (C=O) groups excluding carboxylic acids is 2. The number of aromatic nitrogens is 1. The van der Waals surface area contributed by atoms with Gasteiger partial charge in [0, 0.05) is 36.8 Å². The van der Waals surface area contributed by atoms with Crippen LogP contribution in [-0.4, -0.2) is 54.5 Å². The zero-order valence-corrected chi connectivity index (χ0v) is 20.4. The highest BCUT2D eigenvalue weighted by molar-refractivity contribution is 6.30. The molecule has 2 amide bonds. The fourth-order valence-corrected chi connectivity index (χ4v) is 3.98. The Hall–Kier alpha value is -3.79. The van der Waals surface area contributed by atoms with Gasteiger partial charge in [0.1, 0.15) is 11.6 Å². The number of rotatable bonds is 6. The average Bonchev–Trinajstić information content (AvgIpc) is 3.14. The van der Waals surface area contributed by atoms with Crippen LogP contribution in [0.3, 0.4) is 0 Å². The van der Waals surface area contributed by atoms with Crippen LogP contribution in [0.2, 0.25) is 5.02 Å². The third-order valence-corrected chi connectivity index (χ3v) is 6.03. The van der Waals surface area contributed by atoms with Gasteiger partial charge in [0.2, 0.25) is 0 Å². The van der Waals surface area contributed by atoms with Crippen molar-refractivity contribution in [3.8, 4) is 5.75 Å². The highest BCUT2D eigenvalue weighted by Crippen LogP contribution is 2.29. The third kappa shape index (κ3) is 7.13. The molecule has 1 N–H and O–H groups in total. The van der Waals surface area contributed by atoms with Crippen molar-refractivity contribution in [1.82, 2.24) is 9.88 Å². The number of pyridine rings is 1. The van der Waals surface area contributed by atoms with Crippen LogP contribution in [0, 0.1) is 0 Å². The first kappa shape index (κ1) is 26.3. The molecule has 0 saturated carbocycles. The highest BCUT2D eigenvalue weighted by atomic mass is 35.5. The topological polar surface area (TPSA) is 74.8 Å². The van der Waals surface area contributed by atoms with Crippen LogP contribution in [0.25, 0.3) is 0 Å². The molecule has 11 heteroatoms. The number of carbonyl (C=O) groups is 2. The standard InChI is InChI=1S/C26H24ClF3N4O3/c27-20-6-9-22(10-7-20)37-17-24(35)32-21-8-11-23(31-16-21)33-12-1-13-34(15-14-33)25(36)18-2-4-19(5-3-18)26(28,29)30/h2-11,16H,1,12-15,17H2,(H,32,35). The van der Waals surface area contributed by atoms with Crippen molar-refractivity contribution in [3.05, 3.63) is 83.0 Å². The minimum atomic E-state index is -4.44. The van der Waals surface area contributed by atoms with Gasteiger partial charge in [-0.1, -0.05) is 11.6 Å². The van der Waals surface area contributed by atoms with E-state index in [1.807, 2.05) is 4.90 Å². The van der Waals surface area contributed by atoms with Gasteiger partial charge in [-0.25, -0.2) is 4.98 Å². The molecule has 0 radical (unpaired) electrons. The number of nitrogens with zero attached hydrogens (tertiary/aromatic N) is 3. The van der Waals surface area contributed by atoms with Crippen LogP contribution >= 0.6 is 11.6 Å². The maximum Gasteiger partial charge on any atom is 0.416 e. The van der Waals surface area contributed by atoms with Gasteiger partial charge in [0.15, 0.2) is 6.61 Å². The molecule has 4 rings (SSSR count). The molecular weight excluding hydrogens is 509 g/mol. The molecule has 1 aliphatic rings. The van der Waals surface area contributed by atoms with Crippen molar-refractivity contribution in [2.24, 2.45) is 0 Å². The highest BCUT2D eigenvalue weighted by Gasteiger charge is 2.30. The van der Waals surface area contributed by atoms with E-state index in [-0.39, 0.29) is 24.0 Å². The number of anilines is 2. The zero-order chi connectivity index (χ0) is 26.4. The summed E-state index contributed by atoms with van der Waals surface area (Å²) in [7, 11) is 0. The number of hydrogen-bond acceptors (Lipinski definition) is 5. The van der Waals surface area contributed by atoms with Gasteiger partial charge in [0.05, 0.1) is 17.4 Å². The molecule has 1 saturated heterocycles. The fourth-order valence-electron chi connectivity index (χ4n) is 3.86. The Bertz CT molecular complexity index is 1220. The summed E-state index contributed by atoms with van der Waals surface area (Å²) in [6.45, 7) is 1.89. The summed E-state index contributed by atoms with van der Waals surface area (Å²) in [6.07, 6.45) is -2.22. The second kappa shape index (κ2) is 11.5. The van der Waals surface area contributed by atoms with Crippen molar-refractivity contribution in [1.29, 1.82) is 0 Å². The minimum Gasteiger partial charge on any atom is -0.484 e. The molecule has 0 aliphatic carbocycles. The second-order valence-electron chi connectivity index (χ2n) is 8.40. The normalized spacial score (nSPS) is 14.2. The summed E-state index contributed by atoms with van der Waals surface area (Å²) in [6, 6.07) is 14.5. The van der Waals surface area contributed by atoms with Crippen LogP contribution in [0.4, 0.5) is 24.7 Å². The maximum atomic E-state index is 12.8. The molecule has 0 spiro atoms. The van der Waals surface area contributed by atoms with E-state index in [0.29, 0.717) is 54.9 Å². The first-order valence-electron chi connectivity index (χ1n) is 11.5. The monoisotopic (exact) mass is 532 g/mol. The zero-order valence-electron chi connectivity index (χ0n) is 19.7. The van der Waals surface area contributed by atoms with E-state index in [0.717, 1.165) is 12.1 Å². The number of hydrogen-bond donors (Lipinski definition) is 1. The van der Waals surface area contributed by atoms with Crippen LogP contribution in [0.1, 0.15) is 22.3 Å². The van der Waals surface area contributed by atoms with Gasteiger partial charge in [-0.3, -0.25) is 9.59 Å². The summed E-state index contributed by atoms with van der Waals surface area (Å²) < 4.78 is 43.8. The maximum absolute atomic E-state index is 12.8. The lowest BCUT2D eigenvalue weighted by molar-refractivity contribution is -0.137. The number of nitrogens with one attached hydrogen (secondary N) is 1. The van der Waals surface area contributed by atoms with Crippen LogP contribution in [0.15, 0.2) is 66.9 Å². The SMILES string of the molecule is O=C(COc1ccc(Cl)cc1)Nc1ccc(N2CCCN(C(=O)c3ccc(C(F)(F)F)cc3)CC2)nc1. The lowest BCUT2D eigenvalue weighted by atomic mass is 10.1. The predicted molar refractivity (Wildman–Crippen MR) is 134 cm³/mol. The van der Waals surface area contributed by atoms with E-state index in [1.165, 1.54) is 12.1 Å². The summed E-state index contributed by atoms with van der Waals surface area (Å²) >= 11 is 5.83. The number of alkyl halides is 3. The summed E-state index contributed by atoms with van der Waals surface area (Å²) in [5, 5.41) is 3.30. The van der Waals surface area contributed by atoms with Gasteiger partial charge in [-0.15, -0.1) is 0 Å². The van der Waals surface area contributed by atoms with Crippen molar-refractivity contribution >= 4 is 34.9 Å². The van der Waals surface area contributed by atoms with Gasteiger partial charge in [0.25, 0.3) is 11.8 Å². The third-order valence-electron chi connectivity index (χ3n) is 5.78. The van der Waals surface area contributed by atoms with Gasteiger partial charge >= 0.3 is 6.18 Å². The molecule has 2 heterocycles. The van der Waals surface area contributed by atoms with Crippen LogP contribution < -0.4 is 15.0 Å². The number of amides is 2. The van der Waals surface area contributed by atoms with E-state index < -0.39 is 11.7 Å². The summed E-state index contributed by atoms with van der Waals surface area (Å²) in [5.74, 6) is 0.582. The summed E-state index contributed by atoms with van der Waals surface area (Å²) in [5.41, 5.74) is -0.0482. The van der Waals surface area contributed by atoms with Crippen LogP contribution in [0.5, 0.6) is 5.75 Å². The quantitative estimate of drug-likeness (QED) is 0.477. The Morgan fingerprint density at radius 1 is 0.946 bits per heavy atom. The molecular formula is C26H24ClF3N4O3. The Morgan fingerprint density at radius 2 is 1.68 bits per heavy atom. The molecule has 3 aromatic rings. The van der Waals surface area contributed by atoms with Gasteiger partial charge < -0.3 is 19.9 Å². The molecule has 0 unspecified atom stereocenters. The Morgan fingerprint density at radius 3 is 2.32 bits per heavy atom. The smallest absolute Gasteiger partial charge is 0.416 e. The lowest BCUT2D eigenvalue weighted by Gasteiger charge is -2.23. The van der Waals surface area contributed by atoms with Crippen molar-refractivity contribution in [2.45, 2.75) is 12.6 Å².